The first-order chi connectivity index (χ1) is 14.2. The quantitative estimate of drug-likeness (QED) is 0.390. The summed E-state index contributed by atoms with van der Waals surface area (Å²) >= 11 is 0. The molecule has 156 valence electrons. The van der Waals surface area contributed by atoms with E-state index < -0.39 is 10.5 Å². The smallest absolute Gasteiger partial charge is 0.289 e. The normalized spacial score (nSPS) is 15.0. The Morgan fingerprint density at radius 1 is 1.23 bits per heavy atom. The lowest BCUT2D eigenvalue weighted by atomic mass is 9.96. The Labute approximate surface area is 172 Å². The predicted octanol–water partition coefficient (Wildman–Crippen LogP) is 3.71. The molecule has 1 aliphatic rings. The van der Waals surface area contributed by atoms with Crippen molar-refractivity contribution in [1.82, 2.24) is 4.90 Å². The molecule has 0 saturated carbocycles. The van der Waals surface area contributed by atoms with Crippen molar-refractivity contribution in [3.05, 3.63) is 61.9 Å². The second kappa shape index (κ2) is 7.14. The highest BCUT2D eigenvalue weighted by Gasteiger charge is 2.40. The summed E-state index contributed by atoms with van der Waals surface area (Å²) in [5.74, 6) is 0.434. The number of hydrogen-bond acceptors (Lipinski definition) is 7. The molecule has 3 aromatic rings. The highest BCUT2D eigenvalue weighted by atomic mass is 16.6. The maximum absolute atomic E-state index is 13.3. The number of nitrogens with one attached hydrogen (secondary N) is 1. The zero-order chi connectivity index (χ0) is 21.6. The van der Waals surface area contributed by atoms with Crippen LogP contribution in [-0.2, 0) is 0 Å². The minimum Gasteiger partial charge on any atom is -0.476 e. The molecule has 0 aliphatic carbocycles. The molecule has 8 nitrogen and oxygen atoms in total. The number of benzene rings is 2. The number of likely N-dealkylation sites (N-methyl/N-ethyl adjacent to an activating group) is 1. The monoisotopic (exact) mass is 409 g/mol. The average Bonchev–Trinajstić information content (AvgIpc) is 2.66. The van der Waals surface area contributed by atoms with Gasteiger partial charge in [0.05, 0.1) is 26.9 Å². The number of nitro groups is 1. The first kappa shape index (κ1) is 19.9. The van der Waals surface area contributed by atoms with E-state index in [2.05, 4.69) is 5.32 Å². The van der Waals surface area contributed by atoms with Gasteiger partial charge in [-0.25, -0.2) is 0 Å². The fourth-order valence-corrected chi connectivity index (χ4v) is 3.65. The molecule has 1 aliphatic heterocycles. The topological polar surface area (TPSA) is 97.9 Å². The van der Waals surface area contributed by atoms with Gasteiger partial charge >= 0.3 is 0 Å². The van der Waals surface area contributed by atoms with Gasteiger partial charge in [-0.1, -0.05) is 12.1 Å². The van der Waals surface area contributed by atoms with Crippen LogP contribution >= 0.6 is 0 Å². The first-order valence-corrected chi connectivity index (χ1v) is 9.66. The minimum absolute atomic E-state index is 0.0968. The Kier molecular flexibility index (Phi) is 4.74. The highest BCUT2D eigenvalue weighted by molar-refractivity contribution is 6.02. The summed E-state index contributed by atoms with van der Waals surface area (Å²) in [6, 6.07) is 8.70. The van der Waals surface area contributed by atoms with Crippen LogP contribution in [-0.4, -0.2) is 42.6 Å². The Balaban J connectivity index is 2.04. The van der Waals surface area contributed by atoms with Crippen LogP contribution in [0.15, 0.2) is 45.2 Å². The Bertz CT molecular complexity index is 1260. The summed E-state index contributed by atoms with van der Waals surface area (Å²) in [5, 5.41) is 15.7. The second-order valence-electron chi connectivity index (χ2n) is 8.10. The molecular formula is C22H23N3O5. The Morgan fingerprint density at radius 2 is 1.97 bits per heavy atom. The van der Waals surface area contributed by atoms with Gasteiger partial charge in [0.15, 0.2) is 11.2 Å². The highest BCUT2D eigenvalue weighted by Crippen LogP contribution is 2.42. The third kappa shape index (κ3) is 3.29. The molecule has 0 unspecified atom stereocenters. The van der Waals surface area contributed by atoms with Crippen molar-refractivity contribution in [2.45, 2.75) is 19.4 Å². The van der Waals surface area contributed by atoms with E-state index >= 15 is 0 Å². The number of nitrogens with zero attached hydrogens (tertiary/aromatic N) is 2. The lowest BCUT2D eigenvalue weighted by molar-refractivity contribution is -0.439. The third-order valence-electron chi connectivity index (χ3n) is 5.19. The fourth-order valence-electron chi connectivity index (χ4n) is 3.65. The van der Waals surface area contributed by atoms with Crippen LogP contribution < -0.4 is 15.5 Å². The fraction of sp³-hybridized carbons (Fsp3) is 0.318. The zero-order valence-corrected chi connectivity index (χ0v) is 17.3. The summed E-state index contributed by atoms with van der Waals surface area (Å²) in [6.07, 6.45) is 1.45. The van der Waals surface area contributed by atoms with Crippen LogP contribution in [0.2, 0.25) is 0 Å². The van der Waals surface area contributed by atoms with Gasteiger partial charge in [-0.2, -0.15) is 0 Å². The molecule has 4 rings (SSSR count). The number of hydrogen-bond donors (Lipinski definition) is 1. The van der Waals surface area contributed by atoms with E-state index in [0.29, 0.717) is 39.9 Å². The number of anilines is 1. The molecule has 0 spiro atoms. The number of fused-ring (bicyclic) bond motifs is 4. The summed E-state index contributed by atoms with van der Waals surface area (Å²) in [7, 11) is 3.92. The van der Waals surface area contributed by atoms with E-state index in [0.717, 1.165) is 6.54 Å². The van der Waals surface area contributed by atoms with Crippen LogP contribution in [0.5, 0.6) is 5.75 Å². The van der Waals surface area contributed by atoms with Gasteiger partial charge in [-0.15, -0.1) is 0 Å². The van der Waals surface area contributed by atoms with E-state index in [4.69, 9.17) is 9.15 Å². The SMILES string of the molecule is CN(C)CCNc1cc2c(c3oc4ccccc4c(=O)c13)C=C([N+](=O)[O-])C(C)(C)O2. The third-order valence-corrected chi connectivity index (χ3v) is 5.19. The molecule has 1 N–H and O–H groups in total. The van der Waals surface area contributed by atoms with Gasteiger partial charge in [0, 0.05) is 25.2 Å². The summed E-state index contributed by atoms with van der Waals surface area (Å²) in [4.78, 5) is 26.5. The Hall–Kier alpha value is -3.39. The molecule has 0 saturated heterocycles. The molecule has 0 atom stereocenters. The van der Waals surface area contributed by atoms with Gasteiger partial charge in [0.1, 0.15) is 11.3 Å². The molecular weight excluding hydrogens is 386 g/mol. The van der Waals surface area contributed by atoms with Crippen LogP contribution in [0.25, 0.3) is 28.0 Å². The van der Waals surface area contributed by atoms with E-state index in [1.165, 1.54) is 6.08 Å². The standard InChI is InChI=1S/C22H23N3O5/c1-22(2)18(25(27)28)11-14-17(30-22)12-15(23-9-10-24(3)4)19-20(26)13-7-5-6-8-16(13)29-21(14)19/h5-8,11-12,23H,9-10H2,1-4H3. The average molecular weight is 409 g/mol. The summed E-state index contributed by atoms with van der Waals surface area (Å²) in [5.41, 5.74) is 0.267. The molecule has 0 amide bonds. The molecule has 8 heteroatoms. The van der Waals surface area contributed by atoms with Crippen molar-refractivity contribution < 1.29 is 14.1 Å². The zero-order valence-electron chi connectivity index (χ0n) is 17.3. The number of ether oxygens (including phenoxy) is 1. The molecule has 30 heavy (non-hydrogen) atoms. The predicted molar refractivity (Wildman–Crippen MR) is 117 cm³/mol. The summed E-state index contributed by atoms with van der Waals surface area (Å²) < 4.78 is 12.1. The first-order valence-electron chi connectivity index (χ1n) is 9.66. The van der Waals surface area contributed by atoms with Crippen molar-refractivity contribution in [3.63, 3.8) is 0 Å². The number of rotatable bonds is 5. The summed E-state index contributed by atoms with van der Waals surface area (Å²) in [6.45, 7) is 4.65. The molecule has 0 fully saturated rings. The van der Waals surface area contributed by atoms with Gasteiger partial charge < -0.3 is 19.4 Å². The van der Waals surface area contributed by atoms with Gasteiger partial charge in [-0.05, 0) is 40.1 Å². The molecule has 2 heterocycles. The van der Waals surface area contributed by atoms with Gasteiger partial charge in [-0.3, -0.25) is 14.9 Å². The van der Waals surface area contributed by atoms with Crippen molar-refractivity contribution in [2.75, 3.05) is 32.5 Å². The minimum atomic E-state index is -1.12. The maximum Gasteiger partial charge on any atom is 0.289 e. The van der Waals surface area contributed by atoms with E-state index in [-0.39, 0.29) is 16.7 Å². The molecule has 1 aromatic heterocycles. The second-order valence-corrected chi connectivity index (χ2v) is 8.10. The maximum atomic E-state index is 13.3. The van der Waals surface area contributed by atoms with Crippen molar-refractivity contribution in [1.29, 1.82) is 0 Å². The van der Waals surface area contributed by atoms with E-state index in [1.807, 2.05) is 19.0 Å². The van der Waals surface area contributed by atoms with Crippen LogP contribution in [0.3, 0.4) is 0 Å². The van der Waals surface area contributed by atoms with Crippen LogP contribution in [0.1, 0.15) is 19.4 Å². The lowest BCUT2D eigenvalue weighted by Gasteiger charge is -2.29. The Morgan fingerprint density at radius 3 is 2.67 bits per heavy atom. The van der Waals surface area contributed by atoms with Crippen LogP contribution in [0, 0.1) is 10.1 Å². The van der Waals surface area contributed by atoms with Crippen molar-refractivity contribution >= 4 is 33.7 Å². The molecule has 2 aromatic carbocycles. The van der Waals surface area contributed by atoms with Crippen LogP contribution in [0.4, 0.5) is 5.69 Å². The molecule has 0 radical (unpaired) electrons. The number of para-hydroxylation sites is 1. The van der Waals surface area contributed by atoms with E-state index in [1.54, 1.807) is 44.2 Å². The lowest BCUT2D eigenvalue weighted by Crippen LogP contribution is -2.36. The van der Waals surface area contributed by atoms with Gasteiger partial charge in [0.2, 0.25) is 5.43 Å². The largest absolute Gasteiger partial charge is 0.476 e. The van der Waals surface area contributed by atoms with Crippen molar-refractivity contribution in [3.8, 4) is 5.75 Å². The van der Waals surface area contributed by atoms with E-state index in [9.17, 15) is 14.9 Å². The van der Waals surface area contributed by atoms with Gasteiger partial charge in [0.25, 0.3) is 5.70 Å². The molecule has 0 bridgehead atoms. The van der Waals surface area contributed by atoms with Crippen molar-refractivity contribution in [2.24, 2.45) is 0 Å².